The van der Waals surface area contributed by atoms with Gasteiger partial charge in [-0.05, 0) is 31.0 Å². The average Bonchev–Trinajstić information content (AvgIpc) is 2.32. The van der Waals surface area contributed by atoms with E-state index in [-0.39, 0.29) is 0 Å². The predicted molar refractivity (Wildman–Crippen MR) is 66.3 cm³/mol. The summed E-state index contributed by atoms with van der Waals surface area (Å²) in [7, 11) is 0. The second-order valence-corrected chi connectivity index (χ2v) is 4.05. The Kier molecular flexibility index (Phi) is 2.97. The van der Waals surface area contributed by atoms with Gasteiger partial charge in [-0.2, -0.15) is 0 Å². The average molecular weight is 244 g/mol. The number of carboxylic acid groups (broad SMARTS) is 1. The molecule has 1 aromatic heterocycles. The van der Waals surface area contributed by atoms with E-state index in [0.717, 1.165) is 11.1 Å². The lowest BCUT2D eigenvalue weighted by molar-refractivity contribution is 0.0688. The van der Waals surface area contributed by atoms with Crippen molar-refractivity contribution in [2.75, 3.05) is 0 Å². The number of aromatic nitrogens is 2. The van der Waals surface area contributed by atoms with Gasteiger partial charge in [-0.1, -0.05) is 12.1 Å². The number of aryl methyl sites for hydroxylation is 2. The molecule has 0 saturated carbocycles. The monoisotopic (exact) mass is 244 g/mol. The summed E-state index contributed by atoms with van der Waals surface area (Å²) in [6, 6.07) is 5.66. The third-order valence-corrected chi connectivity index (χ3v) is 2.67. The van der Waals surface area contributed by atoms with Crippen LogP contribution < -0.4 is 5.56 Å². The number of hydrogen-bond donors (Lipinski definition) is 1. The van der Waals surface area contributed by atoms with Crippen LogP contribution in [0.4, 0.5) is 0 Å². The van der Waals surface area contributed by atoms with Crippen LogP contribution in [0.1, 0.15) is 21.6 Å². The number of rotatable bonds is 2. The fourth-order valence-electron chi connectivity index (χ4n) is 1.73. The first kappa shape index (κ1) is 12.0. The minimum absolute atomic E-state index is 0.474. The van der Waals surface area contributed by atoms with Crippen LogP contribution in [0.25, 0.3) is 5.69 Å². The first-order chi connectivity index (χ1) is 8.50. The molecule has 5 nitrogen and oxygen atoms in total. The van der Waals surface area contributed by atoms with E-state index in [9.17, 15) is 9.59 Å². The molecule has 0 aliphatic carbocycles. The van der Waals surface area contributed by atoms with E-state index in [4.69, 9.17) is 5.11 Å². The molecule has 5 heteroatoms. The zero-order chi connectivity index (χ0) is 13.3. The van der Waals surface area contributed by atoms with E-state index in [2.05, 4.69) is 4.98 Å². The Bertz CT molecular complexity index is 674. The van der Waals surface area contributed by atoms with Crippen molar-refractivity contribution in [2.24, 2.45) is 0 Å². The largest absolute Gasteiger partial charge is 0.476 e. The fourth-order valence-corrected chi connectivity index (χ4v) is 1.73. The summed E-state index contributed by atoms with van der Waals surface area (Å²) in [5, 5.41) is 8.89. The molecule has 0 radical (unpaired) electrons. The van der Waals surface area contributed by atoms with Crippen LogP contribution in [0.2, 0.25) is 0 Å². The molecule has 0 fully saturated rings. The molecule has 0 saturated heterocycles. The van der Waals surface area contributed by atoms with Gasteiger partial charge >= 0.3 is 5.97 Å². The topological polar surface area (TPSA) is 72.2 Å². The van der Waals surface area contributed by atoms with E-state index in [0.29, 0.717) is 5.69 Å². The quantitative estimate of drug-likeness (QED) is 0.869. The Hall–Kier alpha value is -2.43. The van der Waals surface area contributed by atoms with Crippen molar-refractivity contribution in [1.82, 2.24) is 9.55 Å². The van der Waals surface area contributed by atoms with Crippen LogP contribution in [0, 0.1) is 13.8 Å². The maximum Gasteiger partial charge on any atom is 0.360 e. The predicted octanol–water partition coefficient (Wildman–Crippen LogP) is 1.55. The second-order valence-electron chi connectivity index (χ2n) is 4.05. The van der Waals surface area contributed by atoms with Gasteiger partial charge in [0, 0.05) is 12.4 Å². The van der Waals surface area contributed by atoms with E-state index in [1.807, 2.05) is 32.0 Å². The first-order valence-electron chi connectivity index (χ1n) is 5.39. The molecule has 92 valence electrons. The maximum absolute atomic E-state index is 12.0. The Labute approximate surface area is 103 Å². The molecule has 2 rings (SSSR count). The van der Waals surface area contributed by atoms with Gasteiger partial charge in [-0.3, -0.25) is 9.36 Å². The summed E-state index contributed by atoms with van der Waals surface area (Å²) in [6.45, 7) is 3.77. The third kappa shape index (κ3) is 2.02. The van der Waals surface area contributed by atoms with Gasteiger partial charge in [-0.15, -0.1) is 0 Å². The zero-order valence-corrected chi connectivity index (χ0v) is 10.0. The molecule has 1 N–H and O–H groups in total. The summed E-state index contributed by atoms with van der Waals surface area (Å²) in [5.74, 6) is -1.32. The normalized spacial score (nSPS) is 10.3. The molecule has 0 aliphatic heterocycles. The first-order valence-corrected chi connectivity index (χ1v) is 5.39. The molecule has 0 aliphatic rings. The lowest BCUT2D eigenvalue weighted by Gasteiger charge is -2.10. The summed E-state index contributed by atoms with van der Waals surface area (Å²) in [5.41, 5.74) is 1.46. The Morgan fingerprint density at radius 2 is 2.06 bits per heavy atom. The van der Waals surface area contributed by atoms with Crippen molar-refractivity contribution in [3.05, 3.63) is 57.8 Å². The number of nitrogens with zero attached hydrogens (tertiary/aromatic N) is 2. The minimum Gasteiger partial charge on any atom is -0.476 e. The van der Waals surface area contributed by atoms with Crippen molar-refractivity contribution in [3.8, 4) is 5.69 Å². The second kappa shape index (κ2) is 4.44. The molecule has 0 unspecified atom stereocenters. The van der Waals surface area contributed by atoms with Crippen molar-refractivity contribution in [1.29, 1.82) is 0 Å². The molecule has 2 aromatic rings. The molecule has 18 heavy (non-hydrogen) atoms. The molecule has 0 spiro atoms. The molecular weight excluding hydrogens is 232 g/mol. The number of aromatic carboxylic acids is 1. The molecule has 0 atom stereocenters. The Morgan fingerprint density at radius 3 is 2.72 bits per heavy atom. The van der Waals surface area contributed by atoms with Crippen molar-refractivity contribution < 1.29 is 9.90 Å². The fraction of sp³-hybridized carbons (Fsp3) is 0.154. The van der Waals surface area contributed by atoms with Crippen LogP contribution >= 0.6 is 0 Å². The summed E-state index contributed by atoms with van der Waals surface area (Å²) >= 11 is 0. The van der Waals surface area contributed by atoms with Gasteiger partial charge < -0.3 is 5.11 Å². The smallest absolute Gasteiger partial charge is 0.360 e. The zero-order valence-electron chi connectivity index (χ0n) is 10.0. The number of carboxylic acids is 1. The maximum atomic E-state index is 12.0. The van der Waals surface area contributed by atoms with E-state index >= 15 is 0 Å². The number of carbonyl (C=O) groups is 1. The highest BCUT2D eigenvalue weighted by molar-refractivity contribution is 5.84. The van der Waals surface area contributed by atoms with Gasteiger partial charge in [0.15, 0.2) is 0 Å². The molecule has 0 amide bonds. The van der Waals surface area contributed by atoms with E-state index in [1.54, 1.807) is 0 Å². The highest BCUT2D eigenvalue weighted by atomic mass is 16.4. The Morgan fingerprint density at radius 1 is 1.33 bits per heavy atom. The molecule has 1 aromatic carbocycles. The van der Waals surface area contributed by atoms with Gasteiger partial charge in [-0.25, -0.2) is 9.78 Å². The molecular formula is C13H12N2O3. The van der Waals surface area contributed by atoms with E-state index in [1.165, 1.54) is 17.0 Å². The van der Waals surface area contributed by atoms with Crippen molar-refractivity contribution >= 4 is 5.97 Å². The highest BCUT2D eigenvalue weighted by Crippen LogP contribution is 2.13. The molecule has 1 heterocycles. The lowest BCUT2D eigenvalue weighted by atomic mass is 10.1. The van der Waals surface area contributed by atoms with Gasteiger partial charge in [0.05, 0.1) is 5.69 Å². The van der Waals surface area contributed by atoms with Crippen LogP contribution in [-0.4, -0.2) is 20.6 Å². The van der Waals surface area contributed by atoms with Crippen LogP contribution in [0.3, 0.4) is 0 Å². The summed E-state index contributed by atoms with van der Waals surface area (Å²) in [6.07, 6.45) is 2.78. The molecule has 0 bridgehead atoms. The standard InChI is InChI=1S/C13H12N2O3/c1-8-3-4-9(2)10(7-8)15-6-5-14-11(12(15)16)13(17)18/h3-7H,1-2H3,(H,17,18). The van der Waals surface area contributed by atoms with Gasteiger partial charge in [0.25, 0.3) is 5.56 Å². The number of hydrogen-bond acceptors (Lipinski definition) is 3. The number of benzene rings is 1. The van der Waals surface area contributed by atoms with Crippen LogP contribution in [-0.2, 0) is 0 Å². The van der Waals surface area contributed by atoms with Crippen molar-refractivity contribution in [2.45, 2.75) is 13.8 Å². The van der Waals surface area contributed by atoms with Gasteiger partial charge in [0.2, 0.25) is 5.69 Å². The Balaban J connectivity index is 2.72. The lowest BCUT2D eigenvalue weighted by Crippen LogP contribution is -2.26. The van der Waals surface area contributed by atoms with Crippen LogP contribution in [0.15, 0.2) is 35.4 Å². The third-order valence-electron chi connectivity index (χ3n) is 2.67. The van der Waals surface area contributed by atoms with Crippen molar-refractivity contribution in [3.63, 3.8) is 0 Å². The SMILES string of the molecule is Cc1ccc(C)c(-n2ccnc(C(=O)O)c2=O)c1. The van der Waals surface area contributed by atoms with Gasteiger partial charge in [0.1, 0.15) is 0 Å². The van der Waals surface area contributed by atoms with Crippen LogP contribution in [0.5, 0.6) is 0 Å². The highest BCUT2D eigenvalue weighted by Gasteiger charge is 2.13. The summed E-state index contributed by atoms with van der Waals surface area (Å²) < 4.78 is 1.30. The van der Waals surface area contributed by atoms with E-state index < -0.39 is 17.2 Å². The summed E-state index contributed by atoms with van der Waals surface area (Å²) in [4.78, 5) is 26.5. The minimum atomic E-state index is -1.32.